The molecule has 0 radical (unpaired) electrons. The lowest BCUT2D eigenvalue weighted by atomic mass is 10.1. The molecule has 2 amide bonds. The van der Waals surface area contributed by atoms with E-state index in [1.807, 2.05) is 30.3 Å². The van der Waals surface area contributed by atoms with Crippen LogP contribution in [0, 0.1) is 5.92 Å². The Morgan fingerprint density at radius 3 is 2.40 bits per heavy atom. The number of carbonyl (C=O) groups excluding carboxylic acids is 3. The van der Waals surface area contributed by atoms with Gasteiger partial charge in [0.05, 0.1) is 0 Å². The second-order valence-electron chi connectivity index (χ2n) is 6.38. The minimum absolute atomic E-state index is 0.107. The van der Waals surface area contributed by atoms with Crippen LogP contribution >= 0.6 is 0 Å². The Morgan fingerprint density at radius 2 is 1.80 bits per heavy atom. The van der Waals surface area contributed by atoms with Crippen molar-refractivity contribution in [3.8, 4) is 0 Å². The van der Waals surface area contributed by atoms with Gasteiger partial charge in [-0.1, -0.05) is 44.2 Å². The molecule has 7 nitrogen and oxygen atoms in total. The van der Waals surface area contributed by atoms with E-state index in [-0.39, 0.29) is 31.1 Å². The largest absolute Gasteiger partial charge is 0.454 e. The van der Waals surface area contributed by atoms with Crippen LogP contribution in [0.15, 0.2) is 30.3 Å². The first-order valence-electron chi connectivity index (χ1n) is 8.39. The van der Waals surface area contributed by atoms with E-state index in [0.29, 0.717) is 0 Å². The fraction of sp³-hybridized carbons (Fsp3) is 0.500. The van der Waals surface area contributed by atoms with Gasteiger partial charge in [0.15, 0.2) is 6.61 Å². The summed E-state index contributed by atoms with van der Waals surface area (Å²) in [5.41, 5.74) is 0.845. The third-order valence-corrected chi connectivity index (χ3v) is 3.69. The van der Waals surface area contributed by atoms with E-state index < -0.39 is 18.1 Å². The molecule has 2 N–H and O–H groups in total. The van der Waals surface area contributed by atoms with Gasteiger partial charge in [0.1, 0.15) is 12.6 Å². The van der Waals surface area contributed by atoms with Gasteiger partial charge in [0, 0.05) is 6.04 Å². The Morgan fingerprint density at radius 1 is 1.12 bits per heavy atom. The van der Waals surface area contributed by atoms with Gasteiger partial charge in [-0.25, -0.2) is 9.59 Å². The van der Waals surface area contributed by atoms with E-state index in [1.54, 1.807) is 13.8 Å². The molecule has 0 unspecified atom stereocenters. The third kappa shape index (κ3) is 6.82. The first kappa shape index (κ1) is 18.8. The molecule has 0 saturated heterocycles. The number of nitrogens with one attached hydrogen (secondary N) is 2. The maximum atomic E-state index is 12.1. The van der Waals surface area contributed by atoms with Crippen LogP contribution in [0.25, 0.3) is 0 Å². The molecule has 0 spiro atoms. The van der Waals surface area contributed by atoms with Crippen molar-refractivity contribution in [2.24, 2.45) is 5.92 Å². The molecule has 0 aromatic heterocycles. The summed E-state index contributed by atoms with van der Waals surface area (Å²) in [6.45, 7) is 3.30. The van der Waals surface area contributed by atoms with Crippen molar-refractivity contribution in [3.63, 3.8) is 0 Å². The Balaban J connectivity index is 1.76. The van der Waals surface area contributed by atoms with Crippen LogP contribution < -0.4 is 10.6 Å². The second kappa shape index (κ2) is 9.05. The highest BCUT2D eigenvalue weighted by atomic mass is 16.6. The van der Waals surface area contributed by atoms with E-state index in [9.17, 15) is 14.4 Å². The van der Waals surface area contributed by atoms with Crippen LogP contribution in [-0.2, 0) is 25.7 Å². The molecular formula is C18H24N2O5. The maximum absolute atomic E-state index is 12.1. The smallest absolute Gasteiger partial charge is 0.408 e. The Labute approximate surface area is 147 Å². The van der Waals surface area contributed by atoms with Crippen molar-refractivity contribution in [3.05, 3.63) is 35.9 Å². The molecule has 25 heavy (non-hydrogen) atoms. The van der Waals surface area contributed by atoms with Crippen molar-refractivity contribution < 1.29 is 23.9 Å². The molecule has 136 valence electrons. The SMILES string of the molecule is CC(C)[C@H](NC(=O)OCc1ccccc1)C(=O)OCC(=O)NC1CC1. The van der Waals surface area contributed by atoms with Crippen LogP contribution in [0.4, 0.5) is 4.79 Å². The van der Waals surface area contributed by atoms with Gasteiger partial charge in [0.25, 0.3) is 5.91 Å². The molecule has 1 fully saturated rings. The van der Waals surface area contributed by atoms with Crippen molar-refractivity contribution in [1.82, 2.24) is 10.6 Å². The summed E-state index contributed by atoms with van der Waals surface area (Å²) in [4.78, 5) is 35.6. The summed E-state index contributed by atoms with van der Waals surface area (Å²) in [7, 11) is 0. The lowest BCUT2D eigenvalue weighted by Gasteiger charge is -2.20. The predicted molar refractivity (Wildman–Crippen MR) is 90.5 cm³/mol. The Bertz CT molecular complexity index is 599. The highest BCUT2D eigenvalue weighted by molar-refractivity contribution is 5.85. The number of esters is 1. The third-order valence-electron chi connectivity index (χ3n) is 3.69. The van der Waals surface area contributed by atoms with Crippen LogP contribution in [0.5, 0.6) is 0 Å². The van der Waals surface area contributed by atoms with Gasteiger partial charge in [-0.3, -0.25) is 4.79 Å². The van der Waals surface area contributed by atoms with Crippen molar-refractivity contribution >= 4 is 18.0 Å². The minimum atomic E-state index is -0.878. The fourth-order valence-corrected chi connectivity index (χ4v) is 2.11. The number of rotatable bonds is 8. The molecule has 1 aliphatic rings. The molecule has 0 bridgehead atoms. The van der Waals surface area contributed by atoms with Crippen LogP contribution in [0.1, 0.15) is 32.3 Å². The molecule has 1 atom stereocenters. The van der Waals surface area contributed by atoms with Gasteiger partial charge in [-0.15, -0.1) is 0 Å². The molecule has 1 aromatic carbocycles. The van der Waals surface area contributed by atoms with Gasteiger partial charge < -0.3 is 20.1 Å². The summed E-state index contributed by atoms with van der Waals surface area (Å²) in [5, 5.41) is 5.22. The molecule has 1 aliphatic carbocycles. The second-order valence-corrected chi connectivity index (χ2v) is 6.38. The number of alkyl carbamates (subject to hydrolysis) is 1. The molecule has 0 aliphatic heterocycles. The topological polar surface area (TPSA) is 93.7 Å². The van der Waals surface area contributed by atoms with Crippen LogP contribution in [0.2, 0.25) is 0 Å². The number of hydrogen-bond acceptors (Lipinski definition) is 5. The van der Waals surface area contributed by atoms with Gasteiger partial charge in [0.2, 0.25) is 0 Å². The van der Waals surface area contributed by atoms with Crippen molar-refractivity contribution in [1.29, 1.82) is 0 Å². The van der Waals surface area contributed by atoms with Gasteiger partial charge >= 0.3 is 12.1 Å². The summed E-state index contributed by atoms with van der Waals surface area (Å²) in [6, 6.07) is 8.55. The fourth-order valence-electron chi connectivity index (χ4n) is 2.11. The van der Waals surface area contributed by atoms with E-state index in [4.69, 9.17) is 9.47 Å². The lowest BCUT2D eigenvalue weighted by Crippen LogP contribution is -2.46. The van der Waals surface area contributed by atoms with E-state index in [0.717, 1.165) is 18.4 Å². The molecule has 1 saturated carbocycles. The zero-order chi connectivity index (χ0) is 18.2. The molecular weight excluding hydrogens is 324 g/mol. The average Bonchev–Trinajstić information content (AvgIpc) is 3.40. The highest BCUT2D eigenvalue weighted by Crippen LogP contribution is 2.18. The van der Waals surface area contributed by atoms with E-state index in [1.165, 1.54) is 0 Å². The maximum Gasteiger partial charge on any atom is 0.408 e. The van der Waals surface area contributed by atoms with Gasteiger partial charge in [-0.2, -0.15) is 0 Å². The van der Waals surface area contributed by atoms with E-state index >= 15 is 0 Å². The zero-order valence-electron chi connectivity index (χ0n) is 14.5. The quantitative estimate of drug-likeness (QED) is 0.698. The lowest BCUT2D eigenvalue weighted by molar-refractivity contribution is -0.151. The van der Waals surface area contributed by atoms with Crippen molar-refractivity contribution in [2.75, 3.05) is 6.61 Å². The summed E-state index contributed by atoms with van der Waals surface area (Å²) < 4.78 is 10.1. The number of amides is 2. The highest BCUT2D eigenvalue weighted by Gasteiger charge is 2.28. The molecule has 2 rings (SSSR count). The number of ether oxygens (including phenoxy) is 2. The summed E-state index contributed by atoms with van der Waals surface area (Å²) in [6.07, 6.45) is 1.22. The predicted octanol–water partition coefficient (Wildman–Crippen LogP) is 1.76. The average molecular weight is 348 g/mol. The van der Waals surface area contributed by atoms with E-state index in [2.05, 4.69) is 10.6 Å². The Hall–Kier alpha value is -2.57. The van der Waals surface area contributed by atoms with Crippen LogP contribution in [0.3, 0.4) is 0 Å². The summed E-state index contributed by atoms with van der Waals surface area (Å²) >= 11 is 0. The minimum Gasteiger partial charge on any atom is -0.454 e. The zero-order valence-corrected chi connectivity index (χ0v) is 14.5. The van der Waals surface area contributed by atoms with Crippen LogP contribution in [-0.4, -0.2) is 36.7 Å². The van der Waals surface area contributed by atoms with Gasteiger partial charge in [-0.05, 0) is 24.3 Å². The normalized spacial score (nSPS) is 14.5. The standard InChI is InChI=1S/C18H24N2O5/c1-12(2)16(17(22)24-11-15(21)19-14-8-9-14)20-18(23)25-10-13-6-4-3-5-7-13/h3-7,12,14,16H,8-11H2,1-2H3,(H,19,21)(H,20,23)/t16-/m0/s1. The first-order chi connectivity index (χ1) is 12.0. The number of benzene rings is 1. The van der Waals surface area contributed by atoms with Crippen molar-refractivity contribution in [2.45, 2.75) is 45.4 Å². The molecule has 1 aromatic rings. The monoisotopic (exact) mass is 348 g/mol. The Kier molecular flexibility index (Phi) is 6.80. The number of hydrogen-bond donors (Lipinski definition) is 2. The molecule has 7 heteroatoms. The first-order valence-corrected chi connectivity index (χ1v) is 8.39. The number of carbonyl (C=O) groups is 3. The summed E-state index contributed by atoms with van der Waals surface area (Å²) in [5.74, 6) is -1.19. The molecule has 0 heterocycles.